The second-order valence-electron chi connectivity index (χ2n) is 6.85. The third-order valence-electron chi connectivity index (χ3n) is 5.02. The van der Waals surface area contributed by atoms with E-state index in [0.717, 1.165) is 42.2 Å². The molecule has 27 heavy (non-hydrogen) atoms. The molecule has 3 aromatic rings. The second-order valence-corrected chi connectivity index (χ2v) is 7.29. The zero-order valence-corrected chi connectivity index (χ0v) is 15.9. The molecule has 1 aromatic carbocycles. The van der Waals surface area contributed by atoms with Gasteiger partial charge in [-0.2, -0.15) is 5.10 Å². The Hall–Kier alpha value is -2.66. The van der Waals surface area contributed by atoms with E-state index in [2.05, 4.69) is 5.10 Å². The molecule has 1 amide bonds. The van der Waals surface area contributed by atoms with Crippen LogP contribution in [0.5, 0.6) is 0 Å². The summed E-state index contributed by atoms with van der Waals surface area (Å²) in [6.07, 6.45) is 4.31. The van der Waals surface area contributed by atoms with Crippen molar-refractivity contribution in [3.05, 3.63) is 82.4 Å². The van der Waals surface area contributed by atoms with E-state index in [4.69, 9.17) is 16.6 Å². The lowest BCUT2D eigenvalue weighted by Gasteiger charge is -2.24. The van der Waals surface area contributed by atoms with Crippen LogP contribution in [0.4, 0.5) is 0 Å². The van der Waals surface area contributed by atoms with Crippen LogP contribution in [0.2, 0.25) is 5.02 Å². The molecule has 1 aliphatic rings. The summed E-state index contributed by atoms with van der Waals surface area (Å²) in [4.78, 5) is 19.7. The van der Waals surface area contributed by atoms with Crippen molar-refractivity contribution in [1.29, 1.82) is 0 Å². The molecule has 0 N–H and O–H groups in total. The van der Waals surface area contributed by atoms with Gasteiger partial charge in [0.25, 0.3) is 5.91 Å². The fraction of sp³-hybridized carbons (Fsp3) is 0.286. The number of likely N-dealkylation sites (tertiary alicyclic amines) is 1. The molecule has 138 valence electrons. The largest absolute Gasteiger partial charge is 0.329 e. The van der Waals surface area contributed by atoms with Crippen LogP contribution in [-0.2, 0) is 13.5 Å². The van der Waals surface area contributed by atoms with E-state index in [1.165, 1.54) is 5.56 Å². The van der Waals surface area contributed by atoms with E-state index >= 15 is 0 Å². The lowest BCUT2D eigenvalue weighted by Crippen LogP contribution is -2.32. The highest BCUT2D eigenvalue weighted by molar-refractivity contribution is 6.30. The number of hydrogen-bond acceptors (Lipinski definition) is 3. The Morgan fingerprint density at radius 3 is 2.74 bits per heavy atom. The summed E-state index contributed by atoms with van der Waals surface area (Å²) >= 11 is 5.97. The minimum Gasteiger partial charge on any atom is -0.329 e. The zero-order chi connectivity index (χ0) is 18.8. The first kappa shape index (κ1) is 17.7. The predicted molar refractivity (Wildman–Crippen MR) is 105 cm³/mol. The maximum atomic E-state index is 12.9. The SMILES string of the molecule is Cn1nccc1C(=O)N1CCCC1c1cccc(Cc2ccc(Cl)cc2)n1. The lowest BCUT2D eigenvalue weighted by atomic mass is 10.1. The molecule has 2 aromatic heterocycles. The van der Waals surface area contributed by atoms with Crippen LogP contribution in [0, 0.1) is 0 Å². The average molecular weight is 381 g/mol. The number of pyridine rings is 1. The zero-order valence-electron chi connectivity index (χ0n) is 15.2. The molecule has 5 nitrogen and oxygen atoms in total. The van der Waals surface area contributed by atoms with Crippen LogP contribution in [0.15, 0.2) is 54.7 Å². The Balaban J connectivity index is 1.56. The molecular weight excluding hydrogens is 360 g/mol. The maximum absolute atomic E-state index is 12.9. The van der Waals surface area contributed by atoms with E-state index in [1.54, 1.807) is 24.0 Å². The molecule has 1 saturated heterocycles. The molecule has 1 aliphatic heterocycles. The van der Waals surface area contributed by atoms with E-state index in [0.29, 0.717) is 5.69 Å². The summed E-state index contributed by atoms with van der Waals surface area (Å²) in [5.74, 6) is 0.0161. The van der Waals surface area contributed by atoms with Crippen molar-refractivity contribution >= 4 is 17.5 Å². The highest BCUT2D eigenvalue weighted by Crippen LogP contribution is 2.32. The Kier molecular flexibility index (Phi) is 4.94. The van der Waals surface area contributed by atoms with Crippen LogP contribution in [-0.4, -0.2) is 32.1 Å². The highest BCUT2D eigenvalue weighted by atomic mass is 35.5. The normalized spacial score (nSPS) is 16.7. The van der Waals surface area contributed by atoms with Crippen LogP contribution >= 0.6 is 11.6 Å². The number of rotatable bonds is 4. The fourth-order valence-corrected chi connectivity index (χ4v) is 3.77. The van der Waals surface area contributed by atoms with Gasteiger partial charge < -0.3 is 4.90 Å². The topological polar surface area (TPSA) is 51.0 Å². The van der Waals surface area contributed by atoms with E-state index in [1.807, 2.05) is 47.4 Å². The Labute approximate surface area is 163 Å². The van der Waals surface area contributed by atoms with Gasteiger partial charge in [-0.1, -0.05) is 29.8 Å². The van der Waals surface area contributed by atoms with E-state index in [-0.39, 0.29) is 11.9 Å². The fourth-order valence-electron chi connectivity index (χ4n) is 3.64. The molecule has 3 heterocycles. The van der Waals surface area contributed by atoms with Gasteiger partial charge in [-0.15, -0.1) is 0 Å². The lowest BCUT2D eigenvalue weighted by molar-refractivity contribution is 0.0721. The Morgan fingerprint density at radius 1 is 1.19 bits per heavy atom. The van der Waals surface area contributed by atoms with Gasteiger partial charge in [-0.3, -0.25) is 14.5 Å². The van der Waals surface area contributed by atoms with Gasteiger partial charge >= 0.3 is 0 Å². The number of benzene rings is 1. The monoisotopic (exact) mass is 380 g/mol. The van der Waals surface area contributed by atoms with Gasteiger partial charge in [0.05, 0.1) is 11.7 Å². The molecule has 0 spiro atoms. The molecule has 1 unspecified atom stereocenters. The van der Waals surface area contributed by atoms with E-state index in [9.17, 15) is 4.79 Å². The molecule has 0 radical (unpaired) electrons. The number of hydrogen-bond donors (Lipinski definition) is 0. The predicted octanol–water partition coefficient (Wildman–Crippen LogP) is 4.04. The van der Waals surface area contributed by atoms with Gasteiger partial charge in [-0.25, -0.2) is 0 Å². The minimum atomic E-state index is 0.0116. The number of nitrogens with zero attached hydrogens (tertiary/aromatic N) is 4. The highest BCUT2D eigenvalue weighted by Gasteiger charge is 2.32. The summed E-state index contributed by atoms with van der Waals surface area (Å²) in [7, 11) is 1.79. The van der Waals surface area contributed by atoms with Gasteiger partial charge in [0, 0.05) is 36.9 Å². The number of aromatic nitrogens is 3. The van der Waals surface area contributed by atoms with Gasteiger partial charge in [-0.05, 0) is 48.7 Å². The van der Waals surface area contributed by atoms with Crippen molar-refractivity contribution in [2.45, 2.75) is 25.3 Å². The van der Waals surface area contributed by atoms with Crippen molar-refractivity contribution in [2.24, 2.45) is 7.05 Å². The number of halogens is 1. The summed E-state index contributed by atoms with van der Waals surface area (Å²) in [5.41, 5.74) is 3.72. The minimum absolute atomic E-state index is 0.0116. The summed E-state index contributed by atoms with van der Waals surface area (Å²) < 4.78 is 1.63. The van der Waals surface area contributed by atoms with E-state index < -0.39 is 0 Å². The Bertz CT molecular complexity index is 951. The number of aryl methyl sites for hydroxylation is 1. The van der Waals surface area contributed by atoms with Crippen molar-refractivity contribution in [3.8, 4) is 0 Å². The van der Waals surface area contributed by atoms with Crippen LogP contribution in [0.1, 0.15) is 46.3 Å². The second kappa shape index (κ2) is 7.53. The molecule has 1 atom stereocenters. The van der Waals surface area contributed by atoms with Crippen molar-refractivity contribution in [3.63, 3.8) is 0 Å². The molecule has 0 aliphatic carbocycles. The maximum Gasteiger partial charge on any atom is 0.272 e. The first-order valence-electron chi connectivity index (χ1n) is 9.11. The first-order valence-corrected chi connectivity index (χ1v) is 9.49. The summed E-state index contributed by atoms with van der Waals surface area (Å²) in [5, 5.41) is 4.85. The average Bonchev–Trinajstić information content (AvgIpc) is 3.32. The first-order chi connectivity index (χ1) is 13.1. The summed E-state index contributed by atoms with van der Waals surface area (Å²) in [6, 6.07) is 15.7. The molecule has 0 bridgehead atoms. The Morgan fingerprint density at radius 2 is 2.00 bits per heavy atom. The molecule has 1 fully saturated rings. The number of amides is 1. The van der Waals surface area contributed by atoms with Gasteiger partial charge in [0.1, 0.15) is 5.69 Å². The van der Waals surface area contributed by atoms with Gasteiger partial charge in [0.2, 0.25) is 0 Å². The van der Waals surface area contributed by atoms with Crippen LogP contribution < -0.4 is 0 Å². The standard InChI is InChI=1S/C21H21ClN4O/c1-25-20(11-12-23-25)21(27)26-13-3-6-19(26)18-5-2-4-17(24-18)14-15-7-9-16(22)10-8-15/h2,4-5,7-12,19H,3,6,13-14H2,1H3. The van der Waals surface area contributed by atoms with Crippen LogP contribution in [0.3, 0.4) is 0 Å². The molecule has 0 saturated carbocycles. The third kappa shape index (κ3) is 3.74. The van der Waals surface area contributed by atoms with Crippen molar-refractivity contribution in [1.82, 2.24) is 19.7 Å². The molecular formula is C21H21ClN4O. The number of carbonyl (C=O) groups excluding carboxylic acids is 1. The molecule has 4 rings (SSSR count). The molecule has 6 heteroatoms. The van der Waals surface area contributed by atoms with Gasteiger partial charge in [0.15, 0.2) is 0 Å². The quantitative estimate of drug-likeness (QED) is 0.686. The smallest absolute Gasteiger partial charge is 0.272 e. The summed E-state index contributed by atoms with van der Waals surface area (Å²) in [6.45, 7) is 0.748. The van der Waals surface area contributed by atoms with Crippen molar-refractivity contribution < 1.29 is 4.79 Å². The van der Waals surface area contributed by atoms with Crippen LogP contribution in [0.25, 0.3) is 0 Å². The van der Waals surface area contributed by atoms with Crippen molar-refractivity contribution in [2.75, 3.05) is 6.54 Å². The number of carbonyl (C=O) groups is 1. The third-order valence-corrected chi connectivity index (χ3v) is 5.27.